The molecular formula is C12H22N2O2S. The van der Waals surface area contributed by atoms with Crippen LogP contribution in [-0.2, 0) is 9.47 Å². The van der Waals surface area contributed by atoms with Crippen LogP contribution in [0, 0.1) is 0 Å². The number of nitrogens with two attached hydrogens (primary N) is 1. The van der Waals surface area contributed by atoms with Crippen molar-refractivity contribution in [1.29, 1.82) is 0 Å². The molecule has 4 nitrogen and oxygen atoms in total. The van der Waals surface area contributed by atoms with Crippen LogP contribution in [0.3, 0.4) is 0 Å². The molecule has 98 valence electrons. The molecule has 0 aliphatic rings. The zero-order chi connectivity index (χ0) is 12.5. The molecule has 0 aromatic carbocycles. The zero-order valence-corrected chi connectivity index (χ0v) is 11.4. The average molecular weight is 258 g/mol. The van der Waals surface area contributed by atoms with Crippen LogP contribution >= 0.6 is 11.3 Å². The first-order valence-electron chi connectivity index (χ1n) is 5.77. The molecule has 5 heteroatoms. The molecule has 1 aromatic rings. The molecule has 0 fully saturated rings. The van der Waals surface area contributed by atoms with Gasteiger partial charge in [0.15, 0.2) is 0 Å². The lowest BCUT2D eigenvalue weighted by molar-refractivity contribution is 0.110. The van der Waals surface area contributed by atoms with Gasteiger partial charge in [-0.3, -0.25) is 4.90 Å². The molecule has 17 heavy (non-hydrogen) atoms. The summed E-state index contributed by atoms with van der Waals surface area (Å²) in [5.74, 6) is 0. The van der Waals surface area contributed by atoms with Gasteiger partial charge in [0.25, 0.3) is 0 Å². The normalized spacial score (nSPS) is 13.2. The van der Waals surface area contributed by atoms with Crippen molar-refractivity contribution < 1.29 is 9.47 Å². The lowest BCUT2D eigenvalue weighted by Crippen LogP contribution is -2.36. The Bertz CT molecular complexity index is 272. The van der Waals surface area contributed by atoms with Crippen LogP contribution in [0.4, 0.5) is 0 Å². The van der Waals surface area contributed by atoms with E-state index in [2.05, 4.69) is 16.3 Å². The molecular weight excluding hydrogens is 236 g/mol. The van der Waals surface area contributed by atoms with Crippen molar-refractivity contribution in [2.45, 2.75) is 6.04 Å². The van der Waals surface area contributed by atoms with E-state index in [0.717, 1.165) is 32.8 Å². The highest BCUT2D eigenvalue weighted by Gasteiger charge is 2.12. The first-order chi connectivity index (χ1) is 8.27. The maximum absolute atomic E-state index is 6.17. The fraction of sp³-hybridized carbons (Fsp3) is 0.667. The molecule has 1 heterocycles. The Kier molecular flexibility index (Phi) is 7.39. The smallest absolute Gasteiger partial charge is 0.0589 e. The van der Waals surface area contributed by atoms with E-state index in [9.17, 15) is 0 Å². The fourth-order valence-corrected chi connectivity index (χ4v) is 2.33. The van der Waals surface area contributed by atoms with Crippen molar-refractivity contribution in [3.8, 4) is 0 Å². The lowest BCUT2D eigenvalue weighted by atomic mass is 10.2. The van der Waals surface area contributed by atoms with Crippen molar-refractivity contribution in [3.63, 3.8) is 0 Å². The van der Waals surface area contributed by atoms with Crippen LogP contribution in [-0.4, -0.2) is 52.0 Å². The van der Waals surface area contributed by atoms with Crippen molar-refractivity contribution in [2.24, 2.45) is 5.73 Å². The quantitative estimate of drug-likeness (QED) is 0.726. The summed E-state index contributed by atoms with van der Waals surface area (Å²) in [6.07, 6.45) is 0. The molecule has 0 saturated carbocycles. The molecule has 0 aliphatic heterocycles. The number of hydrogen-bond donors (Lipinski definition) is 1. The Morgan fingerprint density at radius 2 is 1.94 bits per heavy atom. The Balaban J connectivity index is 2.40. The highest BCUT2D eigenvalue weighted by atomic mass is 32.1. The monoisotopic (exact) mass is 258 g/mol. The maximum atomic E-state index is 6.17. The Labute approximate surface area is 107 Å². The van der Waals surface area contributed by atoms with Gasteiger partial charge in [-0.2, -0.15) is 0 Å². The summed E-state index contributed by atoms with van der Waals surface area (Å²) in [6.45, 7) is 4.06. The molecule has 1 unspecified atom stereocenters. The third kappa shape index (κ3) is 5.61. The predicted molar refractivity (Wildman–Crippen MR) is 71.4 cm³/mol. The van der Waals surface area contributed by atoms with Crippen molar-refractivity contribution >= 4 is 11.3 Å². The van der Waals surface area contributed by atoms with Gasteiger partial charge in [-0.15, -0.1) is 11.3 Å². The summed E-state index contributed by atoms with van der Waals surface area (Å²) in [5, 5.41) is 2.06. The van der Waals surface area contributed by atoms with Gasteiger partial charge in [0.2, 0.25) is 0 Å². The fourth-order valence-electron chi connectivity index (χ4n) is 1.61. The van der Waals surface area contributed by atoms with Gasteiger partial charge < -0.3 is 15.2 Å². The number of methoxy groups -OCH3 is 2. The van der Waals surface area contributed by atoms with E-state index in [4.69, 9.17) is 15.2 Å². The SMILES string of the molecule is COCCN(CCOC)CC(N)c1cccs1. The van der Waals surface area contributed by atoms with Crippen LogP contribution in [0.2, 0.25) is 0 Å². The summed E-state index contributed by atoms with van der Waals surface area (Å²) < 4.78 is 10.2. The summed E-state index contributed by atoms with van der Waals surface area (Å²) in [5.41, 5.74) is 6.17. The van der Waals surface area contributed by atoms with Gasteiger partial charge in [0.1, 0.15) is 0 Å². The molecule has 0 aliphatic carbocycles. The van der Waals surface area contributed by atoms with Gasteiger partial charge in [0, 0.05) is 38.7 Å². The van der Waals surface area contributed by atoms with Gasteiger partial charge >= 0.3 is 0 Å². The standard InChI is InChI=1S/C12H22N2O2S/c1-15-7-5-14(6-8-16-2)10-11(13)12-4-3-9-17-12/h3-4,9,11H,5-8,10,13H2,1-2H3. The van der Waals surface area contributed by atoms with Gasteiger partial charge in [0.05, 0.1) is 19.3 Å². The molecule has 1 rings (SSSR count). The van der Waals surface area contributed by atoms with E-state index in [1.807, 2.05) is 6.07 Å². The van der Waals surface area contributed by atoms with Gasteiger partial charge in [-0.1, -0.05) is 6.07 Å². The van der Waals surface area contributed by atoms with E-state index < -0.39 is 0 Å². The molecule has 0 saturated heterocycles. The second-order valence-electron chi connectivity index (χ2n) is 3.91. The first-order valence-corrected chi connectivity index (χ1v) is 6.65. The van der Waals surface area contributed by atoms with E-state index >= 15 is 0 Å². The van der Waals surface area contributed by atoms with Crippen LogP contribution in [0.5, 0.6) is 0 Å². The Hall–Kier alpha value is -0.460. The van der Waals surface area contributed by atoms with Crippen molar-refractivity contribution in [1.82, 2.24) is 4.90 Å². The average Bonchev–Trinajstić information content (AvgIpc) is 2.86. The molecule has 1 aromatic heterocycles. The molecule has 0 radical (unpaired) electrons. The Morgan fingerprint density at radius 3 is 2.41 bits per heavy atom. The number of rotatable bonds is 9. The second kappa shape index (κ2) is 8.60. The number of nitrogens with zero attached hydrogens (tertiary/aromatic N) is 1. The van der Waals surface area contributed by atoms with Crippen molar-refractivity contribution in [3.05, 3.63) is 22.4 Å². The van der Waals surface area contributed by atoms with Crippen LogP contribution in [0.1, 0.15) is 10.9 Å². The summed E-state index contributed by atoms with van der Waals surface area (Å²) in [6, 6.07) is 4.19. The summed E-state index contributed by atoms with van der Waals surface area (Å²) in [7, 11) is 3.43. The third-order valence-corrected chi connectivity index (χ3v) is 3.59. The topological polar surface area (TPSA) is 47.7 Å². The Morgan fingerprint density at radius 1 is 1.29 bits per heavy atom. The zero-order valence-electron chi connectivity index (χ0n) is 10.6. The van der Waals surface area contributed by atoms with E-state index in [1.54, 1.807) is 25.6 Å². The number of thiophene rings is 1. The molecule has 0 spiro atoms. The minimum atomic E-state index is 0.0729. The van der Waals surface area contributed by atoms with E-state index in [-0.39, 0.29) is 6.04 Å². The maximum Gasteiger partial charge on any atom is 0.0589 e. The van der Waals surface area contributed by atoms with Gasteiger partial charge in [-0.25, -0.2) is 0 Å². The van der Waals surface area contributed by atoms with Gasteiger partial charge in [-0.05, 0) is 11.4 Å². The molecule has 0 amide bonds. The second-order valence-corrected chi connectivity index (χ2v) is 4.89. The van der Waals surface area contributed by atoms with Crippen LogP contribution < -0.4 is 5.73 Å². The highest BCUT2D eigenvalue weighted by molar-refractivity contribution is 7.10. The molecule has 2 N–H and O–H groups in total. The van der Waals surface area contributed by atoms with Crippen molar-refractivity contribution in [2.75, 3.05) is 47.1 Å². The molecule has 1 atom stereocenters. The minimum absolute atomic E-state index is 0.0729. The number of ether oxygens (including phenoxy) is 2. The molecule has 0 bridgehead atoms. The lowest BCUT2D eigenvalue weighted by Gasteiger charge is -2.24. The first kappa shape index (κ1) is 14.6. The van der Waals surface area contributed by atoms with E-state index in [1.165, 1.54) is 4.88 Å². The highest BCUT2D eigenvalue weighted by Crippen LogP contribution is 2.17. The van der Waals surface area contributed by atoms with Crippen LogP contribution in [0.15, 0.2) is 17.5 Å². The largest absolute Gasteiger partial charge is 0.383 e. The van der Waals surface area contributed by atoms with E-state index in [0.29, 0.717) is 0 Å². The number of hydrogen-bond acceptors (Lipinski definition) is 5. The third-order valence-electron chi connectivity index (χ3n) is 2.59. The minimum Gasteiger partial charge on any atom is -0.383 e. The summed E-state index contributed by atoms with van der Waals surface area (Å²) in [4.78, 5) is 3.50. The van der Waals surface area contributed by atoms with Crippen LogP contribution in [0.25, 0.3) is 0 Å². The predicted octanol–water partition coefficient (Wildman–Crippen LogP) is 1.34. The summed E-state index contributed by atoms with van der Waals surface area (Å²) >= 11 is 1.71.